The van der Waals surface area contributed by atoms with E-state index < -0.39 is 23.4 Å². The summed E-state index contributed by atoms with van der Waals surface area (Å²) in [4.78, 5) is 11.7. The van der Waals surface area contributed by atoms with Crippen molar-refractivity contribution in [2.24, 2.45) is 0 Å². The summed E-state index contributed by atoms with van der Waals surface area (Å²) in [7, 11) is -3.24. The molecule has 0 aromatic carbocycles. The van der Waals surface area contributed by atoms with Gasteiger partial charge in [0.05, 0.1) is 10.3 Å². The normalized spacial score (nSPS) is 11.8. The van der Waals surface area contributed by atoms with Crippen molar-refractivity contribution in [1.29, 1.82) is 0 Å². The van der Waals surface area contributed by atoms with Gasteiger partial charge in [-0.05, 0) is 27.7 Å². The van der Waals surface area contributed by atoms with Crippen molar-refractivity contribution in [3.63, 3.8) is 0 Å². The van der Waals surface area contributed by atoms with Crippen LogP contribution in [0.15, 0.2) is 0 Å². The minimum absolute atomic E-state index is 0.161. The molecule has 0 atom stereocenters. The summed E-state index contributed by atoms with van der Waals surface area (Å²) >= 11 is 0. The average molecular weight is 278 g/mol. The molecule has 0 N–H and O–H groups in total. The van der Waals surface area contributed by atoms with Gasteiger partial charge in [0, 0.05) is 0 Å². The fourth-order valence-electron chi connectivity index (χ4n) is 1.65. The minimum atomic E-state index is -3.24. The highest BCUT2D eigenvalue weighted by Crippen LogP contribution is 2.66. The van der Waals surface area contributed by atoms with Gasteiger partial charge in [0.15, 0.2) is 6.61 Å². The molecule has 0 radical (unpaired) electrons. The molecule has 0 rings (SSSR count). The number of ether oxygens (including phenoxy) is 1. The van der Waals surface area contributed by atoms with E-state index in [4.69, 9.17) is 24.0 Å². The number of rotatable bonds is 5. The highest BCUT2D eigenvalue weighted by atomic mass is 31.2. The van der Waals surface area contributed by atoms with Gasteiger partial charge in [-0.25, -0.2) is 0 Å². The Morgan fingerprint density at radius 2 is 1.53 bits per heavy atom. The van der Waals surface area contributed by atoms with Crippen LogP contribution >= 0.6 is 7.14 Å². The molecule has 0 aliphatic rings. The Labute approximate surface area is 115 Å². The van der Waals surface area contributed by atoms with E-state index >= 15 is 0 Å². The molecule has 19 heavy (non-hydrogen) atoms. The third kappa shape index (κ3) is 3.44. The first-order chi connectivity index (χ1) is 8.58. The molecule has 0 aliphatic heterocycles. The van der Waals surface area contributed by atoms with E-state index in [2.05, 4.69) is 17.8 Å². The fourth-order valence-corrected chi connectivity index (χ4v) is 4.71. The standard InChI is InChI=1S/C15H19O3P/c1-8-11-18-13(16)12-19(17,14(4,5)9-2)15(6,7)10-3/h1-3H,11-12H2,4-7H3. The van der Waals surface area contributed by atoms with Crippen LogP contribution in [0, 0.1) is 37.0 Å². The van der Waals surface area contributed by atoms with Crippen LogP contribution in [-0.2, 0) is 14.1 Å². The Bertz CT molecular complexity index is 491. The Hall–Kier alpha value is -1.62. The molecule has 0 unspecified atom stereocenters. The van der Waals surface area contributed by atoms with E-state index in [0.717, 1.165) is 0 Å². The molecule has 0 saturated carbocycles. The van der Waals surface area contributed by atoms with E-state index in [1.54, 1.807) is 27.7 Å². The first-order valence-electron chi connectivity index (χ1n) is 5.72. The number of terminal acetylenes is 3. The fraction of sp³-hybridized carbons (Fsp3) is 0.533. The highest BCUT2D eigenvalue weighted by Gasteiger charge is 2.51. The maximum atomic E-state index is 13.3. The average Bonchev–Trinajstić information content (AvgIpc) is 2.35. The third-order valence-electron chi connectivity index (χ3n) is 3.18. The summed E-state index contributed by atoms with van der Waals surface area (Å²) in [5, 5.41) is -2.00. The summed E-state index contributed by atoms with van der Waals surface area (Å²) in [5.41, 5.74) is 0. The topological polar surface area (TPSA) is 43.4 Å². The summed E-state index contributed by atoms with van der Waals surface area (Å²) < 4.78 is 18.0. The molecule has 0 bridgehead atoms. The number of esters is 1. The van der Waals surface area contributed by atoms with Crippen molar-refractivity contribution in [2.75, 3.05) is 12.8 Å². The van der Waals surface area contributed by atoms with Crippen molar-refractivity contribution in [1.82, 2.24) is 0 Å². The lowest BCUT2D eigenvalue weighted by Gasteiger charge is -2.38. The van der Waals surface area contributed by atoms with Gasteiger partial charge in [-0.1, -0.05) is 17.8 Å². The Morgan fingerprint density at radius 3 is 1.84 bits per heavy atom. The maximum Gasteiger partial charge on any atom is 0.314 e. The smallest absolute Gasteiger partial charge is 0.314 e. The lowest BCUT2D eigenvalue weighted by molar-refractivity contribution is -0.139. The van der Waals surface area contributed by atoms with Gasteiger partial charge in [0.2, 0.25) is 0 Å². The molecule has 4 heteroatoms. The van der Waals surface area contributed by atoms with Crippen LogP contribution in [0.5, 0.6) is 0 Å². The molecular formula is C15H19O3P. The second-order valence-corrected chi connectivity index (χ2v) is 9.20. The molecule has 0 heterocycles. The van der Waals surface area contributed by atoms with Crippen molar-refractivity contribution in [3.8, 4) is 37.0 Å². The van der Waals surface area contributed by atoms with Crippen molar-refractivity contribution >= 4 is 13.1 Å². The Kier molecular flexibility index (Phi) is 5.50. The monoisotopic (exact) mass is 278 g/mol. The van der Waals surface area contributed by atoms with Crippen molar-refractivity contribution < 1.29 is 14.1 Å². The third-order valence-corrected chi connectivity index (χ3v) is 7.75. The lowest BCUT2D eigenvalue weighted by atomic mass is 10.2. The number of carbonyl (C=O) groups is 1. The molecule has 102 valence electrons. The Morgan fingerprint density at radius 1 is 1.11 bits per heavy atom. The van der Waals surface area contributed by atoms with Crippen molar-refractivity contribution in [2.45, 2.75) is 38.0 Å². The largest absolute Gasteiger partial charge is 0.452 e. The summed E-state index contributed by atoms with van der Waals surface area (Å²) in [6, 6.07) is 0. The van der Waals surface area contributed by atoms with Crippen LogP contribution in [-0.4, -0.2) is 29.1 Å². The minimum Gasteiger partial charge on any atom is -0.452 e. The Balaban J connectivity index is 5.56. The zero-order valence-electron chi connectivity index (χ0n) is 11.8. The van der Waals surface area contributed by atoms with E-state index in [1.165, 1.54) is 0 Å². The van der Waals surface area contributed by atoms with Crippen molar-refractivity contribution in [3.05, 3.63) is 0 Å². The van der Waals surface area contributed by atoms with Crippen LogP contribution in [0.1, 0.15) is 27.7 Å². The number of hydrogen-bond donors (Lipinski definition) is 0. The first kappa shape index (κ1) is 17.4. The molecule has 0 fully saturated rings. The summed E-state index contributed by atoms with van der Waals surface area (Å²) in [5.74, 6) is 6.49. The molecule has 0 aromatic heterocycles. The van der Waals surface area contributed by atoms with E-state index in [0.29, 0.717) is 0 Å². The second-order valence-electron chi connectivity index (χ2n) is 5.17. The molecule has 0 aliphatic carbocycles. The number of carbonyl (C=O) groups excluding carboxylic acids is 1. The van der Waals surface area contributed by atoms with Gasteiger partial charge in [-0.15, -0.1) is 19.3 Å². The second kappa shape index (κ2) is 6.02. The van der Waals surface area contributed by atoms with Crippen LogP contribution in [0.2, 0.25) is 0 Å². The van der Waals surface area contributed by atoms with Gasteiger partial charge < -0.3 is 9.30 Å². The quantitative estimate of drug-likeness (QED) is 0.440. The van der Waals surface area contributed by atoms with Gasteiger partial charge in [-0.3, -0.25) is 4.79 Å². The van der Waals surface area contributed by atoms with Crippen LogP contribution in [0.4, 0.5) is 0 Å². The van der Waals surface area contributed by atoms with Crippen LogP contribution < -0.4 is 0 Å². The van der Waals surface area contributed by atoms with Crippen LogP contribution in [0.25, 0.3) is 0 Å². The SMILES string of the molecule is C#CCOC(=O)CP(=O)(C(C)(C)C#C)C(C)(C)C#C. The van der Waals surface area contributed by atoms with E-state index in [9.17, 15) is 9.36 Å². The van der Waals surface area contributed by atoms with Gasteiger partial charge in [-0.2, -0.15) is 0 Å². The lowest BCUT2D eigenvalue weighted by Crippen LogP contribution is -2.35. The predicted molar refractivity (Wildman–Crippen MR) is 78.1 cm³/mol. The molecule has 0 saturated heterocycles. The van der Waals surface area contributed by atoms with Gasteiger partial charge in [0.1, 0.15) is 13.3 Å². The number of hydrogen-bond acceptors (Lipinski definition) is 3. The molecule has 0 aromatic rings. The summed E-state index contributed by atoms with van der Waals surface area (Å²) in [6.07, 6.45) is 15.6. The first-order valence-corrected chi connectivity index (χ1v) is 7.61. The van der Waals surface area contributed by atoms with E-state index in [1.807, 2.05) is 0 Å². The predicted octanol–water partition coefficient (Wildman–Crippen LogP) is 2.35. The van der Waals surface area contributed by atoms with E-state index in [-0.39, 0.29) is 12.8 Å². The van der Waals surface area contributed by atoms with Gasteiger partial charge in [0.25, 0.3) is 0 Å². The molecule has 0 amide bonds. The zero-order valence-corrected chi connectivity index (χ0v) is 12.7. The zero-order chi connectivity index (χ0) is 15.3. The molecule has 3 nitrogen and oxygen atoms in total. The summed E-state index contributed by atoms with van der Waals surface area (Å²) in [6.45, 7) is 6.40. The molecular weight excluding hydrogens is 259 g/mol. The van der Waals surface area contributed by atoms with Gasteiger partial charge >= 0.3 is 5.97 Å². The van der Waals surface area contributed by atoms with Crippen LogP contribution in [0.3, 0.4) is 0 Å². The highest BCUT2D eigenvalue weighted by molar-refractivity contribution is 7.68. The molecule has 0 spiro atoms. The maximum absolute atomic E-state index is 13.3.